The molecule has 0 radical (unpaired) electrons. The van der Waals surface area contributed by atoms with Crippen molar-refractivity contribution in [1.29, 1.82) is 0 Å². The molecule has 4 aliphatic rings. The second-order valence-corrected chi connectivity index (χ2v) is 5.06. The van der Waals surface area contributed by atoms with Gasteiger partial charge in [-0.2, -0.15) is 0 Å². The molecule has 2 unspecified atom stereocenters. The number of carboxylic acids is 1. The molecule has 12 heavy (non-hydrogen) atoms. The molecule has 4 aliphatic carbocycles. The minimum atomic E-state index is -0.514. The van der Waals surface area contributed by atoms with Gasteiger partial charge in [0.2, 0.25) is 0 Å². The van der Waals surface area contributed by atoms with E-state index in [4.69, 9.17) is 5.11 Å². The van der Waals surface area contributed by atoms with E-state index in [1.54, 1.807) is 0 Å². The van der Waals surface area contributed by atoms with E-state index in [1.165, 1.54) is 12.8 Å². The molecular formula is C10H14O2. The molecule has 0 aromatic heterocycles. The predicted molar refractivity (Wildman–Crippen MR) is 43.6 cm³/mol. The molecule has 2 nitrogen and oxygen atoms in total. The first-order valence-electron chi connectivity index (χ1n) is 4.93. The fourth-order valence-electron chi connectivity index (χ4n) is 4.07. The minimum absolute atomic E-state index is 0.267. The zero-order valence-corrected chi connectivity index (χ0v) is 7.12. The highest BCUT2D eigenvalue weighted by Gasteiger charge is 2.59. The number of carboxylic acid groups (broad SMARTS) is 1. The van der Waals surface area contributed by atoms with Crippen molar-refractivity contribution in [2.45, 2.75) is 32.1 Å². The lowest BCUT2D eigenvalue weighted by Crippen LogP contribution is -2.34. The molecule has 4 rings (SSSR count). The smallest absolute Gasteiger partial charge is 0.309 e. The van der Waals surface area contributed by atoms with E-state index in [-0.39, 0.29) is 5.41 Å². The summed E-state index contributed by atoms with van der Waals surface area (Å²) in [6.45, 7) is 0. The van der Waals surface area contributed by atoms with E-state index in [1.807, 2.05) is 0 Å². The van der Waals surface area contributed by atoms with Crippen LogP contribution < -0.4 is 0 Å². The largest absolute Gasteiger partial charge is 0.481 e. The molecule has 66 valence electrons. The van der Waals surface area contributed by atoms with Gasteiger partial charge in [-0.05, 0) is 49.9 Å². The predicted octanol–water partition coefficient (Wildman–Crippen LogP) is 1.90. The Kier molecular flexibility index (Phi) is 1.07. The first-order chi connectivity index (χ1) is 5.70. The highest BCUT2D eigenvalue weighted by molar-refractivity contribution is 5.75. The van der Waals surface area contributed by atoms with Gasteiger partial charge in [0.15, 0.2) is 0 Å². The van der Waals surface area contributed by atoms with Crippen molar-refractivity contribution in [1.82, 2.24) is 0 Å². The summed E-state index contributed by atoms with van der Waals surface area (Å²) in [7, 11) is 0. The van der Waals surface area contributed by atoms with Gasteiger partial charge >= 0.3 is 5.97 Å². The normalized spacial score (nSPS) is 54.8. The second-order valence-electron chi connectivity index (χ2n) is 5.06. The van der Waals surface area contributed by atoms with Gasteiger partial charge in [-0.25, -0.2) is 0 Å². The Morgan fingerprint density at radius 2 is 1.75 bits per heavy atom. The van der Waals surface area contributed by atoms with E-state index in [0.717, 1.165) is 37.0 Å². The lowest BCUT2D eigenvalue weighted by molar-refractivity contribution is -0.151. The average molecular weight is 166 g/mol. The standard InChI is InChI=1S/C10H14O2/c11-9(12)10-3-6-1-7(4-10)8(2-6)5-10/h6-8H,1-5H2,(H,11,12). The minimum Gasteiger partial charge on any atom is -0.481 e. The summed E-state index contributed by atoms with van der Waals surface area (Å²) in [5.41, 5.74) is -0.267. The molecule has 4 fully saturated rings. The average Bonchev–Trinajstić information content (AvgIpc) is 2.39. The van der Waals surface area contributed by atoms with Gasteiger partial charge < -0.3 is 5.11 Å². The van der Waals surface area contributed by atoms with Crippen LogP contribution in [0.3, 0.4) is 0 Å². The molecule has 4 saturated carbocycles. The van der Waals surface area contributed by atoms with Gasteiger partial charge in [0.1, 0.15) is 0 Å². The van der Waals surface area contributed by atoms with Crippen LogP contribution in [0, 0.1) is 23.2 Å². The van der Waals surface area contributed by atoms with Crippen molar-refractivity contribution < 1.29 is 9.90 Å². The summed E-state index contributed by atoms with van der Waals surface area (Å²) in [6.07, 6.45) is 5.63. The molecule has 0 aromatic carbocycles. The number of aliphatic carboxylic acids is 1. The Hall–Kier alpha value is -0.530. The van der Waals surface area contributed by atoms with Gasteiger partial charge in [0.25, 0.3) is 0 Å². The molecule has 0 amide bonds. The zero-order chi connectivity index (χ0) is 8.34. The second kappa shape index (κ2) is 1.86. The summed E-state index contributed by atoms with van der Waals surface area (Å²) in [4.78, 5) is 11.1. The van der Waals surface area contributed by atoms with Crippen molar-refractivity contribution >= 4 is 5.97 Å². The van der Waals surface area contributed by atoms with Crippen LogP contribution in [0.2, 0.25) is 0 Å². The van der Waals surface area contributed by atoms with Gasteiger partial charge in [0, 0.05) is 0 Å². The van der Waals surface area contributed by atoms with Gasteiger partial charge in [0.05, 0.1) is 5.41 Å². The van der Waals surface area contributed by atoms with Gasteiger partial charge in [-0.1, -0.05) is 0 Å². The molecular weight excluding hydrogens is 152 g/mol. The summed E-state index contributed by atoms with van der Waals surface area (Å²) in [5, 5.41) is 9.15. The summed E-state index contributed by atoms with van der Waals surface area (Å²) in [6, 6.07) is 0. The van der Waals surface area contributed by atoms with E-state index >= 15 is 0 Å². The van der Waals surface area contributed by atoms with E-state index in [0.29, 0.717) is 0 Å². The highest BCUT2D eigenvalue weighted by Crippen LogP contribution is 2.64. The van der Waals surface area contributed by atoms with Crippen LogP contribution in [0.15, 0.2) is 0 Å². The SMILES string of the molecule is O=C(O)C12CC3CC(C1)C(C3)C2. The Balaban J connectivity index is 1.98. The molecule has 0 saturated heterocycles. The van der Waals surface area contributed by atoms with Crippen LogP contribution in [0.4, 0.5) is 0 Å². The van der Waals surface area contributed by atoms with Crippen molar-refractivity contribution in [3.63, 3.8) is 0 Å². The molecule has 0 heterocycles. The Bertz CT molecular complexity index is 227. The maximum atomic E-state index is 11.1. The fraction of sp³-hybridized carbons (Fsp3) is 0.900. The Morgan fingerprint density at radius 1 is 1.17 bits per heavy atom. The maximum Gasteiger partial charge on any atom is 0.309 e. The first-order valence-corrected chi connectivity index (χ1v) is 4.93. The number of carbonyl (C=O) groups is 1. The topological polar surface area (TPSA) is 37.3 Å². The third-order valence-corrected chi connectivity index (χ3v) is 4.38. The van der Waals surface area contributed by atoms with E-state index in [9.17, 15) is 4.79 Å². The maximum absolute atomic E-state index is 11.1. The van der Waals surface area contributed by atoms with Gasteiger partial charge in [-0.15, -0.1) is 0 Å². The summed E-state index contributed by atoms with van der Waals surface area (Å²) in [5.74, 6) is 1.80. The van der Waals surface area contributed by atoms with Crippen LogP contribution >= 0.6 is 0 Å². The lowest BCUT2D eigenvalue weighted by atomic mass is 9.70. The number of hydrogen-bond donors (Lipinski definition) is 1. The molecule has 0 spiro atoms. The Labute approximate surface area is 72.0 Å². The quantitative estimate of drug-likeness (QED) is 0.646. The third kappa shape index (κ3) is 0.644. The molecule has 4 bridgehead atoms. The molecule has 0 aliphatic heterocycles. The first kappa shape index (κ1) is 6.93. The van der Waals surface area contributed by atoms with Gasteiger partial charge in [-0.3, -0.25) is 4.79 Å². The zero-order valence-electron chi connectivity index (χ0n) is 7.12. The molecule has 2 atom stereocenters. The van der Waals surface area contributed by atoms with E-state index in [2.05, 4.69) is 0 Å². The molecule has 2 heteroatoms. The third-order valence-electron chi connectivity index (χ3n) is 4.38. The van der Waals surface area contributed by atoms with Crippen LogP contribution in [0.25, 0.3) is 0 Å². The van der Waals surface area contributed by atoms with E-state index < -0.39 is 5.97 Å². The summed E-state index contributed by atoms with van der Waals surface area (Å²) >= 11 is 0. The number of rotatable bonds is 1. The van der Waals surface area contributed by atoms with Crippen LogP contribution in [-0.4, -0.2) is 11.1 Å². The summed E-state index contributed by atoms with van der Waals surface area (Å²) < 4.78 is 0. The monoisotopic (exact) mass is 166 g/mol. The molecule has 0 aromatic rings. The van der Waals surface area contributed by atoms with Crippen molar-refractivity contribution in [3.05, 3.63) is 0 Å². The van der Waals surface area contributed by atoms with Crippen LogP contribution in [0.5, 0.6) is 0 Å². The van der Waals surface area contributed by atoms with Crippen molar-refractivity contribution in [3.8, 4) is 0 Å². The highest BCUT2D eigenvalue weighted by atomic mass is 16.4. The number of hydrogen-bond acceptors (Lipinski definition) is 1. The van der Waals surface area contributed by atoms with Crippen LogP contribution in [0.1, 0.15) is 32.1 Å². The Morgan fingerprint density at radius 3 is 2.17 bits per heavy atom. The lowest BCUT2D eigenvalue weighted by Gasteiger charge is -2.34. The van der Waals surface area contributed by atoms with Crippen LogP contribution in [-0.2, 0) is 4.79 Å². The van der Waals surface area contributed by atoms with Crippen molar-refractivity contribution in [2.75, 3.05) is 0 Å². The molecule has 1 N–H and O–H groups in total. The fourth-order valence-corrected chi connectivity index (χ4v) is 4.07. The van der Waals surface area contributed by atoms with Crippen molar-refractivity contribution in [2.24, 2.45) is 23.2 Å².